The number of benzene rings is 2. The van der Waals surface area contributed by atoms with Crippen LogP contribution in [0.1, 0.15) is 10.4 Å². The van der Waals surface area contributed by atoms with Gasteiger partial charge in [0.05, 0.1) is 28.5 Å². The predicted molar refractivity (Wildman–Crippen MR) is 97.9 cm³/mol. The fraction of sp³-hybridized carbons (Fsp3) is 0.0500. The molecule has 6 nitrogen and oxygen atoms in total. The zero-order valence-electron chi connectivity index (χ0n) is 14.6. The number of carboxylic acids is 1. The molecule has 146 valence electrons. The number of hydrogen-bond acceptors (Lipinski definition) is 4. The Kier molecular flexibility index (Phi) is 4.63. The van der Waals surface area contributed by atoms with Crippen LogP contribution in [-0.2, 0) is 0 Å². The first-order chi connectivity index (χ1) is 13.9. The van der Waals surface area contributed by atoms with Crippen LogP contribution in [0.4, 0.5) is 13.2 Å². The number of rotatable bonds is 5. The van der Waals surface area contributed by atoms with Gasteiger partial charge in [0.15, 0.2) is 5.65 Å². The second-order valence-corrected chi connectivity index (χ2v) is 6.03. The van der Waals surface area contributed by atoms with E-state index in [9.17, 15) is 23.1 Å². The molecular weight excluding hydrogens is 387 g/mol. The monoisotopic (exact) mass is 399 g/mol. The summed E-state index contributed by atoms with van der Waals surface area (Å²) in [5.41, 5.74) is 1.55. The van der Waals surface area contributed by atoms with Crippen molar-refractivity contribution in [1.29, 1.82) is 0 Å². The largest absolute Gasteiger partial charge is 0.478 e. The van der Waals surface area contributed by atoms with Crippen LogP contribution >= 0.6 is 0 Å². The number of hydrogen-bond donors (Lipinski definition) is 1. The van der Waals surface area contributed by atoms with Crippen molar-refractivity contribution in [3.05, 3.63) is 72.2 Å². The SMILES string of the molecule is O=C(O)c1cc(-c2ccc(OC(F)F)cc2)nc2c1cnn2-c1ccc(F)cc1. The average molecular weight is 399 g/mol. The Labute approximate surface area is 161 Å². The lowest BCUT2D eigenvalue weighted by molar-refractivity contribution is -0.0498. The molecule has 29 heavy (non-hydrogen) atoms. The van der Waals surface area contributed by atoms with Crippen LogP contribution < -0.4 is 4.74 Å². The van der Waals surface area contributed by atoms with Gasteiger partial charge in [-0.2, -0.15) is 13.9 Å². The van der Waals surface area contributed by atoms with Crippen molar-refractivity contribution in [2.45, 2.75) is 6.61 Å². The summed E-state index contributed by atoms with van der Waals surface area (Å²) in [4.78, 5) is 16.2. The highest BCUT2D eigenvalue weighted by Crippen LogP contribution is 2.28. The van der Waals surface area contributed by atoms with Crippen molar-refractivity contribution in [2.75, 3.05) is 0 Å². The molecule has 2 heterocycles. The molecule has 0 radical (unpaired) electrons. The summed E-state index contributed by atoms with van der Waals surface area (Å²) in [6.07, 6.45) is 1.37. The molecule has 2 aromatic carbocycles. The van der Waals surface area contributed by atoms with E-state index in [-0.39, 0.29) is 17.0 Å². The number of carbonyl (C=O) groups is 1. The Balaban J connectivity index is 1.85. The average Bonchev–Trinajstić information content (AvgIpc) is 3.12. The lowest BCUT2D eigenvalue weighted by Gasteiger charge is -2.08. The van der Waals surface area contributed by atoms with Gasteiger partial charge in [-0.1, -0.05) is 0 Å². The standard InChI is InChI=1S/C20H12F3N3O3/c21-12-3-5-13(6-4-12)26-18-16(10-24-26)15(19(27)28)9-17(25-18)11-1-7-14(8-2-11)29-20(22)23/h1-10,20H,(H,27,28). The zero-order valence-corrected chi connectivity index (χ0v) is 14.6. The molecule has 0 bridgehead atoms. The number of ether oxygens (including phenoxy) is 1. The number of nitrogens with zero attached hydrogens (tertiary/aromatic N) is 3. The highest BCUT2D eigenvalue weighted by molar-refractivity contribution is 6.03. The van der Waals surface area contributed by atoms with Gasteiger partial charge in [-0.05, 0) is 54.6 Å². The molecule has 4 aromatic rings. The number of alkyl halides is 2. The predicted octanol–water partition coefficient (Wildman–Crippen LogP) is 4.53. The topological polar surface area (TPSA) is 77.2 Å². The molecule has 9 heteroatoms. The van der Waals surface area contributed by atoms with E-state index in [0.717, 1.165) is 0 Å². The van der Waals surface area contributed by atoms with Crippen molar-refractivity contribution in [3.8, 4) is 22.7 Å². The number of fused-ring (bicyclic) bond motifs is 1. The maximum Gasteiger partial charge on any atom is 0.387 e. The third-order valence-electron chi connectivity index (χ3n) is 4.22. The molecule has 0 unspecified atom stereocenters. The van der Waals surface area contributed by atoms with Crippen molar-refractivity contribution < 1.29 is 27.8 Å². The Hall–Kier alpha value is -3.88. The molecule has 0 spiro atoms. The van der Waals surface area contributed by atoms with Gasteiger partial charge in [0.1, 0.15) is 11.6 Å². The number of carboxylic acid groups (broad SMARTS) is 1. The molecule has 0 saturated heterocycles. The van der Waals surface area contributed by atoms with Gasteiger partial charge in [0.25, 0.3) is 0 Å². The van der Waals surface area contributed by atoms with Crippen molar-refractivity contribution in [3.63, 3.8) is 0 Å². The van der Waals surface area contributed by atoms with Crippen molar-refractivity contribution in [1.82, 2.24) is 14.8 Å². The molecule has 0 atom stereocenters. The number of aromatic nitrogens is 3. The maximum absolute atomic E-state index is 13.2. The first kappa shape index (κ1) is 18.5. The molecular formula is C20H12F3N3O3. The number of pyridine rings is 1. The minimum absolute atomic E-state index is 0.0220. The second-order valence-electron chi connectivity index (χ2n) is 6.03. The van der Waals surface area contributed by atoms with E-state index >= 15 is 0 Å². The van der Waals surface area contributed by atoms with Gasteiger partial charge in [0.2, 0.25) is 0 Å². The smallest absolute Gasteiger partial charge is 0.387 e. The van der Waals surface area contributed by atoms with E-state index in [4.69, 9.17) is 0 Å². The van der Waals surface area contributed by atoms with Crippen LogP contribution in [0.25, 0.3) is 28.0 Å². The van der Waals surface area contributed by atoms with Crippen LogP contribution in [0.2, 0.25) is 0 Å². The maximum atomic E-state index is 13.2. The third kappa shape index (κ3) is 3.62. The van der Waals surface area contributed by atoms with Gasteiger partial charge in [-0.15, -0.1) is 0 Å². The lowest BCUT2D eigenvalue weighted by Crippen LogP contribution is -2.03. The van der Waals surface area contributed by atoms with Crippen LogP contribution in [0, 0.1) is 5.82 Å². The third-order valence-corrected chi connectivity index (χ3v) is 4.22. The first-order valence-corrected chi connectivity index (χ1v) is 8.35. The number of aromatic carboxylic acids is 1. The van der Waals surface area contributed by atoms with Crippen molar-refractivity contribution >= 4 is 17.0 Å². The number of halogens is 3. The van der Waals surface area contributed by atoms with Gasteiger partial charge < -0.3 is 9.84 Å². The van der Waals surface area contributed by atoms with E-state index in [1.165, 1.54) is 65.5 Å². The summed E-state index contributed by atoms with van der Waals surface area (Å²) >= 11 is 0. The van der Waals surface area contributed by atoms with E-state index in [2.05, 4.69) is 14.8 Å². The molecule has 0 amide bonds. The van der Waals surface area contributed by atoms with Crippen molar-refractivity contribution in [2.24, 2.45) is 0 Å². The van der Waals surface area contributed by atoms with Crippen LogP contribution in [0.15, 0.2) is 60.8 Å². The summed E-state index contributed by atoms with van der Waals surface area (Å²) in [6, 6.07) is 12.5. The molecule has 0 saturated carbocycles. The van der Waals surface area contributed by atoms with Gasteiger partial charge in [0, 0.05) is 5.56 Å². The molecule has 0 aliphatic rings. The molecule has 2 aromatic heterocycles. The minimum atomic E-state index is -2.95. The summed E-state index contributed by atoms with van der Waals surface area (Å²) in [5.74, 6) is -1.62. The fourth-order valence-corrected chi connectivity index (χ4v) is 2.90. The van der Waals surface area contributed by atoms with Gasteiger partial charge in [-0.25, -0.2) is 18.9 Å². The van der Waals surface area contributed by atoms with E-state index in [1.807, 2.05) is 0 Å². The van der Waals surface area contributed by atoms with E-state index in [1.54, 1.807) is 0 Å². The second kappa shape index (κ2) is 7.27. The Bertz CT molecular complexity index is 1190. The van der Waals surface area contributed by atoms with Gasteiger partial charge in [-0.3, -0.25) is 0 Å². The molecule has 0 aliphatic heterocycles. The Morgan fingerprint density at radius 3 is 2.38 bits per heavy atom. The molecule has 0 aliphatic carbocycles. The zero-order chi connectivity index (χ0) is 20.5. The highest BCUT2D eigenvalue weighted by atomic mass is 19.3. The Morgan fingerprint density at radius 2 is 1.76 bits per heavy atom. The summed E-state index contributed by atoms with van der Waals surface area (Å²) in [6.45, 7) is -2.95. The summed E-state index contributed by atoms with van der Waals surface area (Å²) in [7, 11) is 0. The van der Waals surface area contributed by atoms with Gasteiger partial charge >= 0.3 is 12.6 Å². The lowest BCUT2D eigenvalue weighted by atomic mass is 10.1. The molecule has 0 fully saturated rings. The van der Waals surface area contributed by atoms with E-state index < -0.39 is 18.4 Å². The first-order valence-electron chi connectivity index (χ1n) is 8.35. The van der Waals surface area contributed by atoms with Crippen LogP contribution in [0.5, 0.6) is 5.75 Å². The molecule has 1 N–H and O–H groups in total. The summed E-state index contributed by atoms with van der Waals surface area (Å²) < 4.78 is 43.6. The summed E-state index contributed by atoms with van der Waals surface area (Å²) in [5, 5.41) is 14.1. The van der Waals surface area contributed by atoms with Crippen LogP contribution in [0.3, 0.4) is 0 Å². The normalized spacial score (nSPS) is 11.2. The Morgan fingerprint density at radius 1 is 1.07 bits per heavy atom. The molecule has 4 rings (SSSR count). The quantitative estimate of drug-likeness (QED) is 0.534. The minimum Gasteiger partial charge on any atom is -0.478 e. The van der Waals surface area contributed by atoms with E-state index in [0.29, 0.717) is 22.3 Å². The van der Waals surface area contributed by atoms with Crippen LogP contribution in [-0.4, -0.2) is 32.5 Å². The highest BCUT2D eigenvalue weighted by Gasteiger charge is 2.18. The fourth-order valence-electron chi connectivity index (χ4n) is 2.90.